The number of hydrogen-bond acceptors (Lipinski definition) is 2. The highest BCUT2D eigenvalue weighted by Crippen LogP contribution is 2.35. The molecule has 1 N–H and O–H groups in total. The van der Waals surface area contributed by atoms with Gasteiger partial charge in [0, 0.05) is 25.1 Å². The molecule has 20 heavy (non-hydrogen) atoms. The third-order valence-corrected chi connectivity index (χ3v) is 4.75. The van der Waals surface area contributed by atoms with Gasteiger partial charge in [0.05, 0.1) is 0 Å². The van der Waals surface area contributed by atoms with Crippen LogP contribution in [0, 0.1) is 5.41 Å². The standard InChI is InChI=1S/C18H29NO/c1-2-19(14-17-10-6-5-7-11-17)15-18(16-20)12-8-3-4-9-13-18/h5-7,10-11,20H,2-4,8-9,12-16H2,1H3. The van der Waals surface area contributed by atoms with Crippen molar-refractivity contribution in [2.45, 2.75) is 52.0 Å². The van der Waals surface area contributed by atoms with Crippen LogP contribution in [0.1, 0.15) is 51.0 Å². The lowest BCUT2D eigenvalue weighted by Crippen LogP contribution is -2.39. The van der Waals surface area contributed by atoms with Gasteiger partial charge in [0.1, 0.15) is 0 Å². The summed E-state index contributed by atoms with van der Waals surface area (Å²) in [6.45, 7) is 5.66. The molecule has 0 saturated heterocycles. The Hall–Kier alpha value is -0.860. The minimum atomic E-state index is 0.140. The fourth-order valence-corrected chi connectivity index (χ4v) is 3.44. The van der Waals surface area contributed by atoms with Crippen molar-refractivity contribution in [3.05, 3.63) is 35.9 Å². The lowest BCUT2D eigenvalue weighted by Gasteiger charge is -2.36. The molecule has 0 radical (unpaired) electrons. The van der Waals surface area contributed by atoms with E-state index in [0.29, 0.717) is 6.61 Å². The SMILES string of the molecule is CCN(Cc1ccccc1)CC1(CO)CCCCCC1. The van der Waals surface area contributed by atoms with Gasteiger partial charge >= 0.3 is 0 Å². The minimum Gasteiger partial charge on any atom is -0.396 e. The van der Waals surface area contributed by atoms with Gasteiger partial charge in [0.25, 0.3) is 0 Å². The molecule has 2 nitrogen and oxygen atoms in total. The molecular weight excluding hydrogens is 246 g/mol. The molecule has 112 valence electrons. The zero-order chi connectivity index (χ0) is 14.3. The molecule has 2 heteroatoms. The molecule has 1 aliphatic rings. The number of aliphatic hydroxyl groups excluding tert-OH is 1. The Morgan fingerprint density at radius 3 is 2.25 bits per heavy atom. The second-order valence-corrected chi connectivity index (χ2v) is 6.36. The topological polar surface area (TPSA) is 23.5 Å². The lowest BCUT2D eigenvalue weighted by molar-refractivity contribution is 0.0583. The Morgan fingerprint density at radius 2 is 1.70 bits per heavy atom. The Labute approximate surface area is 123 Å². The van der Waals surface area contributed by atoms with Gasteiger partial charge < -0.3 is 5.11 Å². The summed E-state index contributed by atoms with van der Waals surface area (Å²) in [6.07, 6.45) is 7.62. The van der Waals surface area contributed by atoms with E-state index in [-0.39, 0.29) is 5.41 Å². The molecule has 1 fully saturated rings. The highest BCUT2D eigenvalue weighted by molar-refractivity contribution is 5.14. The van der Waals surface area contributed by atoms with E-state index in [9.17, 15) is 5.11 Å². The number of rotatable bonds is 6. The van der Waals surface area contributed by atoms with E-state index < -0.39 is 0 Å². The van der Waals surface area contributed by atoms with Gasteiger partial charge in [0.15, 0.2) is 0 Å². The average Bonchev–Trinajstić information content (AvgIpc) is 2.74. The van der Waals surface area contributed by atoms with Crippen molar-refractivity contribution in [3.8, 4) is 0 Å². The third-order valence-electron chi connectivity index (χ3n) is 4.75. The zero-order valence-electron chi connectivity index (χ0n) is 12.9. The molecule has 0 spiro atoms. The number of nitrogens with zero attached hydrogens (tertiary/aromatic N) is 1. The summed E-state index contributed by atoms with van der Waals surface area (Å²) in [5, 5.41) is 9.95. The van der Waals surface area contributed by atoms with Gasteiger partial charge in [0.2, 0.25) is 0 Å². The maximum Gasteiger partial charge on any atom is 0.0499 e. The molecule has 1 aromatic carbocycles. The van der Waals surface area contributed by atoms with E-state index in [1.54, 1.807) is 0 Å². The Morgan fingerprint density at radius 1 is 1.05 bits per heavy atom. The van der Waals surface area contributed by atoms with Gasteiger partial charge in [-0.25, -0.2) is 0 Å². The first-order valence-corrected chi connectivity index (χ1v) is 8.15. The van der Waals surface area contributed by atoms with Crippen LogP contribution < -0.4 is 0 Å². The quantitative estimate of drug-likeness (QED) is 0.797. The average molecular weight is 275 g/mol. The van der Waals surface area contributed by atoms with Crippen molar-refractivity contribution in [1.29, 1.82) is 0 Å². The highest BCUT2D eigenvalue weighted by atomic mass is 16.3. The van der Waals surface area contributed by atoms with Crippen LogP contribution in [0.15, 0.2) is 30.3 Å². The molecule has 1 saturated carbocycles. The lowest BCUT2D eigenvalue weighted by atomic mass is 9.80. The van der Waals surface area contributed by atoms with E-state index >= 15 is 0 Å². The van der Waals surface area contributed by atoms with E-state index in [1.165, 1.54) is 44.1 Å². The third kappa shape index (κ3) is 4.32. The summed E-state index contributed by atoms with van der Waals surface area (Å²) in [4.78, 5) is 2.50. The predicted molar refractivity (Wildman–Crippen MR) is 84.6 cm³/mol. The first kappa shape index (κ1) is 15.5. The van der Waals surface area contributed by atoms with Crippen LogP contribution in [0.25, 0.3) is 0 Å². The van der Waals surface area contributed by atoms with Crippen molar-refractivity contribution >= 4 is 0 Å². The fourth-order valence-electron chi connectivity index (χ4n) is 3.44. The van der Waals surface area contributed by atoms with E-state index in [0.717, 1.165) is 19.6 Å². The van der Waals surface area contributed by atoms with Crippen LogP contribution in [0.5, 0.6) is 0 Å². The van der Waals surface area contributed by atoms with Crippen molar-refractivity contribution in [3.63, 3.8) is 0 Å². The maximum atomic E-state index is 9.95. The van der Waals surface area contributed by atoms with Gasteiger partial charge in [-0.2, -0.15) is 0 Å². The minimum absolute atomic E-state index is 0.140. The molecule has 1 aromatic rings. The van der Waals surface area contributed by atoms with Crippen LogP contribution in [-0.4, -0.2) is 29.7 Å². The molecule has 0 atom stereocenters. The summed E-state index contributed by atoms with van der Waals surface area (Å²) in [7, 11) is 0. The second-order valence-electron chi connectivity index (χ2n) is 6.36. The van der Waals surface area contributed by atoms with Crippen LogP contribution in [0.3, 0.4) is 0 Å². The Bertz CT molecular complexity index is 368. The predicted octanol–water partition coefficient (Wildman–Crippen LogP) is 3.84. The van der Waals surface area contributed by atoms with Crippen molar-refractivity contribution in [1.82, 2.24) is 4.90 Å². The second kappa shape index (κ2) is 7.80. The molecule has 1 aliphatic carbocycles. The van der Waals surface area contributed by atoms with Gasteiger partial charge in [-0.3, -0.25) is 4.90 Å². The van der Waals surface area contributed by atoms with Gasteiger partial charge in [-0.1, -0.05) is 62.9 Å². The maximum absolute atomic E-state index is 9.95. The zero-order valence-corrected chi connectivity index (χ0v) is 12.9. The number of aliphatic hydroxyl groups is 1. The summed E-state index contributed by atoms with van der Waals surface area (Å²) in [5.74, 6) is 0. The van der Waals surface area contributed by atoms with Crippen LogP contribution in [0.4, 0.5) is 0 Å². The first-order valence-electron chi connectivity index (χ1n) is 8.15. The molecule has 0 heterocycles. The molecular formula is C18H29NO. The molecule has 2 rings (SSSR count). The van der Waals surface area contributed by atoms with E-state index in [1.807, 2.05) is 0 Å². The largest absolute Gasteiger partial charge is 0.396 e. The van der Waals surface area contributed by atoms with Crippen molar-refractivity contribution in [2.24, 2.45) is 5.41 Å². The van der Waals surface area contributed by atoms with Crippen LogP contribution in [-0.2, 0) is 6.54 Å². The fraction of sp³-hybridized carbons (Fsp3) is 0.667. The van der Waals surface area contributed by atoms with Crippen molar-refractivity contribution in [2.75, 3.05) is 19.7 Å². The smallest absolute Gasteiger partial charge is 0.0499 e. The van der Waals surface area contributed by atoms with Crippen LogP contribution in [0.2, 0.25) is 0 Å². The van der Waals surface area contributed by atoms with Crippen LogP contribution >= 0.6 is 0 Å². The molecule has 0 aromatic heterocycles. The molecule has 0 aliphatic heterocycles. The normalized spacial score (nSPS) is 18.9. The van der Waals surface area contributed by atoms with Gasteiger partial charge in [-0.05, 0) is 24.9 Å². The molecule has 0 amide bonds. The monoisotopic (exact) mass is 275 g/mol. The summed E-state index contributed by atoms with van der Waals surface area (Å²) < 4.78 is 0. The summed E-state index contributed by atoms with van der Waals surface area (Å²) in [6, 6.07) is 10.7. The number of hydrogen-bond donors (Lipinski definition) is 1. The number of benzene rings is 1. The summed E-state index contributed by atoms with van der Waals surface area (Å²) >= 11 is 0. The van der Waals surface area contributed by atoms with E-state index in [4.69, 9.17) is 0 Å². The molecule has 0 bridgehead atoms. The molecule has 0 unspecified atom stereocenters. The Balaban J connectivity index is 1.99. The Kier molecular flexibility index (Phi) is 6.06. The first-order chi connectivity index (χ1) is 9.78. The summed E-state index contributed by atoms with van der Waals surface area (Å²) in [5.41, 5.74) is 1.51. The van der Waals surface area contributed by atoms with E-state index in [2.05, 4.69) is 42.2 Å². The van der Waals surface area contributed by atoms with Gasteiger partial charge in [-0.15, -0.1) is 0 Å². The van der Waals surface area contributed by atoms with Crippen molar-refractivity contribution < 1.29 is 5.11 Å². The highest BCUT2D eigenvalue weighted by Gasteiger charge is 2.31.